The van der Waals surface area contributed by atoms with E-state index < -0.39 is 8.80 Å². The lowest BCUT2D eigenvalue weighted by molar-refractivity contribution is 0.0867. The molecule has 2 atom stereocenters. The van der Waals surface area contributed by atoms with E-state index in [4.69, 9.17) is 9.47 Å². The normalized spacial score (nSPS) is 28.2. The van der Waals surface area contributed by atoms with Gasteiger partial charge < -0.3 is 9.47 Å². The molecule has 0 amide bonds. The predicted octanol–water partition coefficient (Wildman–Crippen LogP) is 1.15. The molecule has 0 aromatic heterocycles. The highest BCUT2D eigenvalue weighted by Gasteiger charge is 2.26. The van der Waals surface area contributed by atoms with Crippen LogP contribution in [-0.4, -0.2) is 33.8 Å². The summed E-state index contributed by atoms with van der Waals surface area (Å²) in [6.07, 6.45) is 5.82. The second kappa shape index (κ2) is 4.22. The number of allylic oxidation sites excluding steroid dienone is 2. The molecule has 72 valence electrons. The van der Waals surface area contributed by atoms with Crippen molar-refractivity contribution in [2.24, 2.45) is 0 Å². The molecular formula is C10H16O2Si. The smallest absolute Gasteiger partial charge is 0.118 e. The lowest BCUT2D eigenvalue weighted by Gasteiger charge is -2.18. The SMILES string of the molecule is CCC(OCC1CO1)[SiH]1C=CC=C1. The molecule has 2 rings (SSSR count). The average molecular weight is 196 g/mol. The maximum absolute atomic E-state index is 5.83. The summed E-state index contributed by atoms with van der Waals surface area (Å²) >= 11 is 0. The third-order valence-electron chi connectivity index (χ3n) is 2.51. The summed E-state index contributed by atoms with van der Waals surface area (Å²) in [6, 6.07) is 0. The van der Waals surface area contributed by atoms with Crippen LogP contribution in [0.15, 0.2) is 23.6 Å². The van der Waals surface area contributed by atoms with Gasteiger partial charge in [-0.3, -0.25) is 0 Å². The van der Waals surface area contributed by atoms with Crippen LogP contribution in [-0.2, 0) is 9.47 Å². The van der Waals surface area contributed by atoms with Gasteiger partial charge in [-0.25, -0.2) is 0 Å². The number of rotatable bonds is 5. The summed E-state index contributed by atoms with van der Waals surface area (Å²) in [5.41, 5.74) is 5.14. The lowest BCUT2D eigenvalue weighted by atomic mass is 10.5. The molecule has 1 fully saturated rings. The number of hydrogen-bond donors (Lipinski definition) is 0. The molecule has 1 saturated heterocycles. The first-order valence-corrected chi connectivity index (χ1v) is 6.98. The van der Waals surface area contributed by atoms with Crippen LogP contribution in [0.3, 0.4) is 0 Å². The summed E-state index contributed by atoms with van der Waals surface area (Å²) in [4.78, 5) is 0. The molecule has 0 N–H and O–H groups in total. The molecule has 2 nitrogen and oxygen atoms in total. The van der Waals surface area contributed by atoms with Crippen LogP contribution < -0.4 is 0 Å². The van der Waals surface area contributed by atoms with Crippen molar-refractivity contribution in [1.29, 1.82) is 0 Å². The molecule has 3 heteroatoms. The fourth-order valence-corrected chi connectivity index (χ4v) is 3.86. The monoisotopic (exact) mass is 196 g/mol. The van der Waals surface area contributed by atoms with Crippen molar-refractivity contribution >= 4 is 8.80 Å². The van der Waals surface area contributed by atoms with E-state index in [9.17, 15) is 0 Å². The van der Waals surface area contributed by atoms with Gasteiger partial charge in [0.1, 0.15) is 14.9 Å². The van der Waals surface area contributed by atoms with Crippen molar-refractivity contribution in [3.8, 4) is 0 Å². The van der Waals surface area contributed by atoms with Crippen molar-refractivity contribution in [2.75, 3.05) is 13.2 Å². The summed E-state index contributed by atoms with van der Waals surface area (Å²) in [7, 11) is -0.866. The average Bonchev–Trinajstić information content (AvgIpc) is 2.81. The maximum atomic E-state index is 5.83. The Morgan fingerprint density at radius 3 is 2.77 bits per heavy atom. The summed E-state index contributed by atoms with van der Waals surface area (Å²) in [5, 5.41) is 0. The van der Waals surface area contributed by atoms with Gasteiger partial charge in [0.2, 0.25) is 0 Å². The van der Waals surface area contributed by atoms with Gasteiger partial charge in [0.25, 0.3) is 0 Å². The lowest BCUT2D eigenvalue weighted by Crippen LogP contribution is -2.30. The minimum atomic E-state index is -0.866. The van der Waals surface area contributed by atoms with Crippen LogP contribution >= 0.6 is 0 Å². The van der Waals surface area contributed by atoms with Gasteiger partial charge in [-0.2, -0.15) is 0 Å². The van der Waals surface area contributed by atoms with Crippen LogP contribution in [0.1, 0.15) is 13.3 Å². The Labute approximate surface area is 80.8 Å². The highest BCUT2D eigenvalue weighted by atomic mass is 28.3. The molecule has 0 saturated carbocycles. The van der Waals surface area contributed by atoms with Crippen molar-refractivity contribution in [1.82, 2.24) is 0 Å². The van der Waals surface area contributed by atoms with Crippen molar-refractivity contribution in [3.05, 3.63) is 23.6 Å². The van der Waals surface area contributed by atoms with E-state index in [-0.39, 0.29) is 0 Å². The Bertz CT molecular complexity index is 209. The molecule has 0 aromatic carbocycles. The van der Waals surface area contributed by atoms with Gasteiger partial charge in [-0.15, -0.1) is 0 Å². The van der Waals surface area contributed by atoms with Crippen LogP contribution in [0.4, 0.5) is 0 Å². The third kappa shape index (κ3) is 2.53. The Hall–Kier alpha value is -0.383. The first-order valence-electron chi connectivity index (χ1n) is 4.98. The van der Waals surface area contributed by atoms with E-state index in [0.717, 1.165) is 19.6 Å². The summed E-state index contributed by atoms with van der Waals surface area (Å²) in [6.45, 7) is 3.89. The van der Waals surface area contributed by atoms with E-state index in [0.29, 0.717) is 11.8 Å². The molecule has 2 heterocycles. The highest BCUT2D eigenvalue weighted by molar-refractivity contribution is 6.71. The standard InChI is InChI=1S/C10H16O2Si/c1-2-10(12-8-9-7-11-9)13-5-3-4-6-13/h3-6,9-10,13H,2,7-8H2,1H3. The van der Waals surface area contributed by atoms with E-state index >= 15 is 0 Å². The molecule has 0 spiro atoms. The van der Waals surface area contributed by atoms with Crippen molar-refractivity contribution < 1.29 is 9.47 Å². The largest absolute Gasteiger partial charge is 0.378 e. The molecular weight excluding hydrogens is 180 g/mol. The van der Waals surface area contributed by atoms with Gasteiger partial charge in [0.05, 0.1) is 18.9 Å². The van der Waals surface area contributed by atoms with Crippen molar-refractivity contribution in [3.63, 3.8) is 0 Å². The third-order valence-corrected chi connectivity index (χ3v) is 5.36. The van der Waals surface area contributed by atoms with E-state index in [1.54, 1.807) is 0 Å². The van der Waals surface area contributed by atoms with Gasteiger partial charge in [-0.05, 0) is 6.42 Å². The van der Waals surface area contributed by atoms with Gasteiger partial charge in [-0.1, -0.05) is 30.5 Å². The fourth-order valence-electron chi connectivity index (χ4n) is 1.59. The summed E-state index contributed by atoms with van der Waals surface area (Å²) in [5.74, 6) is 0. The van der Waals surface area contributed by atoms with E-state index in [1.165, 1.54) is 0 Å². The minimum absolute atomic E-state index is 0.400. The Morgan fingerprint density at radius 1 is 1.54 bits per heavy atom. The summed E-state index contributed by atoms with van der Waals surface area (Å²) < 4.78 is 11.0. The molecule has 13 heavy (non-hydrogen) atoms. The number of hydrogen-bond acceptors (Lipinski definition) is 2. The first-order chi connectivity index (χ1) is 6.40. The molecule has 2 aliphatic rings. The van der Waals surface area contributed by atoms with Crippen molar-refractivity contribution in [2.45, 2.75) is 25.2 Å². The number of ether oxygens (including phenoxy) is 2. The van der Waals surface area contributed by atoms with Gasteiger partial charge in [0.15, 0.2) is 0 Å². The van der Waals surface area contributed by atoms with E-state index in [1.807, 2.05) is 0 Å². The Morgan fingerprint density at radius 2 is 2.23 bits per heavy atom. The quantitative estimate of drug-likeness (QED) is 0.486. The Balaban J connectivity index is 1.77. The van der Waals surface area contributed by atoms with Crippen LogP contribution in [0.25, 0.3) is 0 Å². The second-order valence-corrected chi connectivity index (χ2v) is 6.25. The first kappa shape index (κ1) is 9.18. The zero-order valence-corrected chi connectivity index (χ0v) is 9.13. The zero-order chi connectivity index (χ0) is 9.10. The molecule has 2 aliphatic heterocycles. The molecule has 0 aliphatic carbocycles. The van der Waals surface area contributed by atoms with Crippen LogP contribution in [0, 0.1) is 0 Å². The predicted molar refractivity (Wildman–Crippen MR) is 55.2 cm³/mol. The molecule has 0 bridgehead atoms. The topological polar surface area (TPSA) is 21.8 Å². The zero-order valence-electron chi connectivity index (χ0n) is 7.98. The second-order valence-electron chi connectivity index (χ2n) is 3.58. The van der Waals surface area contributed by atoms with Gasteiger partial charge >= 0.3 is 0 Å². The maximum Gasteiger partial charge on any atom is 0.118 e. The Kier molecular flexibility index (Phi) is 2.98. The number of epoxide rings is 1. The fraction of sp³-hybridized carbons (Fsp3) is 0.600. The highest BCUT2D eigenvalue weighted by Crippen LogP contribution is 2.14. The van der Waals surface area contributed by atoms with Crippen LogP contribution in [0.5, 0.6) is 0 Å². The molecule has 2 unspecified atom stereocenters. The minimum Gasteiger partial charge on any atom is -0.378 e. The van der Waals surface area contributed by atoms with E-state index in [2.05, 4.69) is 30.5 Å². The van der Waals surface area contributed by atoms with Crippen LogP contribution in [0.2, 0.25) is 0 Å². The van der Waals surface area contributed by atoms with Gasteiger partial charge in [0, 0.05) is 0 Å². The molecule has 0 radical (unpaired) electrons. The molecule has 0 aromatic rings.